The number of rotatable bonds is 2. The average molecular weight is 298 g/mol. The van der Waals surface area contributed by atoms with Gasteiger partial charge in [-0.15, -0.1) is 0 Å². The summed E-state index contributed by atoms with van der Waals surface area (Å²) in [5.74, 6) is 1.53. The first kappa shape index (κ1) is 13.7. The quantitative estimate of drug-likeness (QED) is 0.860. The number of hydrogen-bond donors (Lipinski definition) is 1. The molecule has 0 fully saturated rings. The maximum atomic E-state index is 9.19. The molecule has 106 valence electrons. The van der Waals surface area contributed by atoms with Crippen LogP contribution in [0.4, 0.5) is 5.69 Å². The van der Waals surface area contributed by atoms with Crippen LogP contribution in [0.1, 0.15) is 12.0 Å². The number of anilines is 1. The molecule has 5 heteroatoms. The summed E-state index contributed by atoms with van der Waals surface area (Å²) in [4.78, 5) is 1.88. The molecule has 0 radical (unpaired) electrons. The molecule has 4 nitrogen and oxygen atoms in total. The summed E-state index contributed by atoms with van der Waals surface area (Å²) in [5.41, 5.74) is 6.88. The van der Waals surface area contributed by atoms with Crippen LogP contribution in [0.2, 0.25) is 0 Å². The van der Waals surface area contributed by atoms with Crippen LogP contribution >= 0.6 is 11.8 Å². The van der Waals surface area contributed by atoms with Crippen molar-refractivity contribution in [2.45, 2.75) is 16.2 Å². The molecule has 1 aliphatic heterocycles. The van der Waals surface area contributed by atoms with Crippen LogP contribution in [0.15, 0.2) is 46.2 Å². The number of nitrogens with two attached hydrogens (primary N) is 1. The Bertz CT molecular complexity index is 710. The Morgan fingerprint density at radius 1 is 1.05 bits per heavy atom. The van der Waals surface area contributed by atoms with Crippen LogP contribution in [0.5, 0.6) is 11.5 Å². The zero-order valence-electron chi connectivity index (χ0n) is 11.3. The lowest BCUT2D eigenvalue weighted by molar-refractivity contribution is 0.297. The normalized spacial score (nSPS) is 13.3. The van der Waals surface area contributed by atoms with E-state index in [4.69, 9.17) is 15.2 Å². The van der Waals surface area contributed by atoms with Gasteiger partial charge in [0.15, 0.2) is 11.5 Å². The number of nitrogen functional groups attached to an aromatic ring is 1. The van der Waals surface area contributed by atoms with Gasteiger partial charge < -0.3 is 15.2 Å². The van der Waals surface area contributed by atoms with Crippen molar-refractivity contribution in [1.29, 1.82) is 5.26 Å². The van der Waals surface area contributed by atoms with E-state index in [1.165, 1.54) is 11.8 Å². The second-order valence-corrected chi connectivity index (χ2v) is 5.74. The molecule has 0 amide bonds. The molecule has 1 heterocycles. The van der Waals surface area contributed by atoms with Crippen LogP contribution in [0, 0.1) is 11.3 Å². The number of benzene rings is 2. The first-order valence-corrected chi connectivity index (χ1v) is 7.45. The number of ether oxygens (including phenoxy) is 2. The minimum absolute atomic E-state index is 0.576. The molecule has 1 aliphatic rings. The molecule has 0 saturated carbocycles. The topological polar surface area (TPSA) is 68.3 Å². The smallest absolute Gasteiger partial charge is 0.162 e. The standard InChI is InChI=1S/C16H14N2O2S/c17-10-11-8-12(18)2-5-16(11)21-13-3-4-14-15(9-13)20-7-1-6-19-14/h2-5,8-9H,1,6-7,18H2. The largest absolute Gasteiger partial charge is 0.490 e. The maximum absolute atomic E-state index is 9.19. The van der Waals surface area contributed by atoms with Crippen LogP contribution in [0.25, 0.3) is 0 Å². The third-order valence-electron chi connectivity index (χ3n) is 3.07. The van der Waals surface area contributed by atoms with Gasteiger partial charge in [-0.3, -0.25) is 0 Å². The van der Waals surface area contributed by atoms with Crippen LogP contribution < -0.4 is 15.2 Å². The molecule has 2 N–H and O–H groups in total. The Balaban J connectivity index is 1.89. The highest BCUT2D eigenvalue weighted by atomic mass is 32.2. The van der Waals surface area contributed by atoms with E-state index in [-0.39, 0.29) is 0 Å². The van der Waals surface area contributed by atoms with Gasteiger partial charge in [0, 0.05) is 21.9 Å². The molecule has 0 bridgehead atoms. The van der Waals surface area contributed by atoms with Crippen molar-refractivity contribution in [3.8, 4) is 17.6 Å². The SMILES string of the molecule is N#Cc1cc(N)ccc1Sc1ccc2c(c1)OCCCO2. The van der Waals surface area contributed by atoms with Crippen molar-refractivity contribution in [2.24, 2.45) is 0 Å². The second kappa shape index (κ2) is 5.98. The van der Waals surface area contributed by atoms with Crippen molar-refractivity contribution in [3.63, 3.8) is 0 Å². The number of nitrogens with zero attached hydrogens (tertiary/aromatic N) is 1. The van der Waals surface area contributed by atoms with Gasteiger partial charge in [-0.2, -0.15) is 5.26 Å². The number of nitriles is 1. The van der Waals surface area contributed by atoms with Crippen molar-refractivity contribution >= 4 is 17.4 Å². The van der Waals surface area contributed by atoms with E-state index in [0.717, 1.165) is 27.7 Å². The predicted molar refractivity (Wildman–Crippen MR) is 81.7 cm³/mol. The third kappa shape index (κ3) is 3.06. The van der Waals surface area contributed by atoms with E-state index >= 15 is 0 Å². The van der Waals surface area contributed by atoms with Gasteiger partial charge in [0.2, 0.25) is 0 Å². The molecule has 0 saturated heterocycles. The third-order valence-corrected chi connectivity index (χ3v) is 4.14. The molecule has 21 heavy (non-hydrogen) atoms. The lowest BCUT2D eigenvalue weighted by atomic mass is 10.2. The summed E-state index contributed by atoms with van der Waals surface area (Å²) in [6.07, 6.45) is 0.883. The monoisotopic (exact) mass is 298 g/mol. The fourth-order valence-electron chi connectivity index (χ4n) is 2.06. The average Bonchev–Trinajstić information content (AvgIpc) is 2.74. The molecule has 0 aliphatic carbocycles. The number of fused-ring (bicyclic) bond motifs is 1. The Hall–Kier alpha value is -2.32. The van der Waals surface area contributed by atoms with Crippen LogP contribution in [0.3, 0.4) is 0 Å². The Kier molecular flexibility index (Phi) is 3.89. The van der Waals surface area contributed by atoms with Gasteiger partial charge in [0.1, 0.15) is 6.07 Å². The molecule has 0 atom stereocenters. The van der Waals surface area contributed by atoms with E-state index in [2.05, 4.69) is 6.07 Å². The fraction of sp³-hybridized carbons (Fsp3) is 0.188. The number of hydrogen-bond acceptors (Lipinski definition) is 5. The minimum atomic E-state index is 0.576. The lowest BCUT2D eigenvalue weighted by Gasteiger charge is -2.10. The van der Waals surface area contributed by atoms with Gasteiger partial charge in [0.25, 0.3) is 0 Å². The summed E-state index contributed by atoms with van der Waals surface area (Å²) in [6, 6.07) is 13.3. The molecule has 3 rings (SSSR count). The van der Waals surface area contributed by atoms with E-state index < -0.39 is 0 Å². The van der Waals surface area contributed by atoms with Crippen molar-refractivity contribution < 1.29 is 9.47 Å². The van der Waals surface area contributed by atoms with Crippen molar-refractivity contribution in [3.05, 3.63) is 42.0 Å². The zero-order valence-corrected chi connectivity index (χ0v) is 12.2. The van der Waals surface area contributed by atoms with Gasteiger partial charge >= 0.3 is 0 Å². The van der Waals surface area contributed by atoms with Crippen molar-refractivity contribution in [2.75, 3.05) is 18.9 Å². The molecule has 2 aromatic rings. The second-order valence-electron chi connectivity index (χ2n) is 4.63. The molecule has 0 spiro atoms. The summed E-state index contributed by atoms with van der Waals surface area (Å²) in [5, 5.41) is 9.19. The summed E-state index contributed by atoms with van der Waals surface area (Å²) >= 11 is 1.51. The van der Waals surface area contributed by atoms with Crippen LogP contribution in [-0.2, 0) is 0 Å². The van der Waals surface area contributed by atoms with Gasteiger partial charge in [0.05, 0.1) is 18.8 Å². The lowest BCUT2D eigenvalue weighted by Crippen LogP contribution is -1.97. The Morgan fingerprint density at radius 2 is 1.86 bits per heavy atom. The zero-order chi connectivity index (χ0) is 14.7. The van der Waals surface area contributed by atoms with Crippen LogP contribution in [-0.4, -0.2) is 13.2 Å². The Labute approximate surface area is 127 Å². The fourth-order valence-corrected chi connectivity index (χ4v) is 2.96. The summed E-state index contributed by atoms with van der Waals surface area (Å²) in [7, 11) is 0. The highest BCUT2D eigenvalue weighted by molar-refractivity contribution is 7.99. The van der Waals surface area contributed by atoms with Crippen molar-refractivity contribution in [1.82, 2.24) is 0 Å². The Morgan fingerprint density at radius 3 is 2.67 bits per heavy atom. The van der Waals surface area contributed by atoms with E-state index in [0.29, 0.717) is 24.5 Å². The van der Waals surface area contributed by atoms with Gasteiger partial charge in [-0.05, 0) is 36.4 Å². The molecule has 0 aromatic heterocycles. The minimum Gasteiger partial charge on any atom is -0.490 e. The summed E-state index contributed by atoms with van der Waals surface area (Å²) in [6.45, 7) is 1.34. The van der Waals surface area contributed by atoms with Gasteiger partial charge in [-0.1, -0.05) is 11.8 Å². The first-order valence-electron chi connectivity index (χ1n) is 6.63. The summed E-state index contributed by atoms with van der Waals surface area (Å²) < 4.78 is 11.3. The van der Waals surface area contributed by atoms with E-state index in [1.54, 1.807) is 12.1 Å². The highest BCUT2D eigenvalue weighted by Crippen LogP contribution is 2.37. The van der Waals surface area contributed by atoms with E-state index in [9.17, 15) is 5.26 Å². The molecular weight excluding hydrogens is 284 g/mol. The molecule has 2 aromatic carbocycles. The maximum Gasteiger partial charge on any atom is 0.162 e. The molecular formula is C16H14N2O2S. The highest BCUT2D eigenvalue weighted by Gasteiger charge is 2.12. The van der Waals surface area contributed by atoms with Gasteiger partial charge in [-0.25, -0.2) is 0 Å². The predicted octanol–water partition coefficient (Wildman–Crippen LogP) is 3.45. The molecule has 0 unspecified atom stereocenters. The first-order chi connectivity index (χ1) is 10.3. The van der Waals surface area contributed by atoms with E-state index in [1.807, 2.05) is 24.3 Å².